The molecule has 0 aliphatic heterocycles. The summed E-state index contributed by atoms with van der Waals surface area (Å²) in [5.41, 5.74) is 0. The van der Waals surface area contributed by atoms with E-state index in [1.807, 2.05) is 0 Å². The summed E-state index contributed by atoms with van der Waals surface area (Å²) in [6.07, 6.45) is 9.88. The topological polar surface area (TPSA) is 52.6 Å². The van der Waals surface area contributed by atoms with E-state index >= 15 is 0 Å². The summed E-state index contributed by atoms with van der Waals surface area (Å²) in [6.45, 7) is 2.68. The van der Waals surface area contributed by atoms with Crippen LogP contribution in [0.15, 0.2) is 12.1 Å². The lowest BCUT2D eigenvalue weighted by Gasteiger charge is -2.08. The summed E-state index contributed by atoms with van der Waals surface area (Å²) in [6, 6.07) is 2.83. The minimum absolute atomic E-state index is 0.176. The van der Waals surface area contributed by atoms with Crippen molar-refractivity contribution in [2.45, 2.75) is 77.6 Å². The summed E-state index contributed by atoms with van der Waals surface area (Å²) >= 11 is 17.7. The molecule has 0 aliphatic carbocycles. The summed E-state index contributed by atoms with van der Waals surface area (Å²) in [4.78, 5) is 23.6. The first-order chi connectivity index (χ1) is 13.4. The molecule has 0 atom stereocenters. The molecule has 0 radical (unpaired) electrons. The Hall–Kier alpha value is -0.970. The average molecular weight is 452 g/mol. The van der Waals surface area contributed by atoms with Gasteiger partial charge in [-0.2, -0.15) is 0 Å². The highest BCUT2D eigenvalue weighted by Gasteiger charge is 2.12. The third-order valence-electron chi connectivity index (χ3n) is 4.22. The fourth-order valence-electron chi connectivity index (χ4n) is 2.61. The fourth-order valence-corrected chi connectivity index (χ4v) is 3.19. The maximum absolute atomic E-state index is 11.9. The van der Waals surface area contributed by atoms with Gasteiger partial charge < -0.3 is 9.47 Å². The molecule has 28 heavy (non-hydrogen) atoms. The molecule has 0 N–H and O–H groups in total. The van der Waals surface area contributed by atoms with E-state index in [0.717, 1.165) is 12.8 Å². The molecule has 158 valence electrons. The number of benzene rings is 1. The molecular formula is C21H29Cl3O4. The van der Waals surface area contributed by atoms with Crippen LogP contribution in [-0.2, 0) is 14.3 Å². The van der Waals surface area contributed by atoms with Crippen LogP contribution in [0.1, 0.15) is 77.6 Å². The monoisotopic (exact) mass is 450 g/mol. The van der Waals surface area contributed by atoms with E-state index in [2.05, 4.69) is 6.92 Å². The quantitative estimate of drug-likeness (QED) is 0.128. The molecule has 0 aliphatic rings. The van der Waals surface area contributed by atoms with Crippen LogP contribution in [0.4, 0.5) is 0 Å². The average Bonchev–Trinajstić information content (AvgIpc) is 2.65. The first-order valence-electron chi connectivity index (χ1n) is 9.95. The first-order valence-corrected chi connectivity index (χ1v) is 11.1. The molecule has 0 fully saturated rings. The summed E-state index contributed by atoms with van der Waals surface area (Å²) < 4.78 is 10.4. The summed E-state index contributed by atoms with van der Waals surface area (Å²) in [5.74, 6) is -0.473. The molecule has 0 bridgehead atoms. The molecule has 0 heterocycles. The van der Waals surface area contributed by atoms with Crippen molar-refractivity contribution < 1.29 is 19.1 Å². The third-order valence-corrected chi connectivity index (χ3v) is 5.24. The standard InChI is InChI=1S/C21H29Cl3O4/c1-2-3-4-5-6-7-10-13-27-20(25)11-8-9-12-21(26)28-19-15-17(23)16(22)14-18(19)24/h14-15H,2-13H2,1H3. The van der Waals surface area contributed by atoms with E-state index in [4.69, 9.17) is 44.3 Å². The number of halogens is 3. The zero-order valence-electron chi connectivity index (χ0n) is 16.4. The normalized spacial score (nSPS) is 10.7. The van der Waals surface area contributed by atoms with Crippen molar-refractivity contribution in [3.8, 4) is 5.75 Å². The second-order valence-corrected chi connectivity index (χ2v) is 7.94. The first kappa shape index (κ1) is 25.1. The molecule has 0 saturated heterocycles. The molecule has 0 amide bonds. The highest BCUT2D eigenvalue weighted by atomic mass is 35.5. The van der Waals surface area contributed by atoms with E-state index in [0.29, 0.717) is 30.9 Å². The van der Waals surface area contributed by atoms with Crippen molar-refractivity contribution in [3.05, 3.63) is 27.2 Å². The van der Waals surface area contributed by atoms with Gasteiger partial charge in [-0.25, -0.2) is 0 Å². The molecular weight excluding hydrogens is 423 g/mol. The number of hydrogen-bond donors (Lipinski definition) is 0. The largest absolute Gasteiger partial charge is 0.466 e. The van der Waals surface area contributed by atoms with Gasteiger partial charge in [0.1, 0.15) is 0 Å². The van der Waals surface area contributed by atoms with Gasteiger partial charge in [0, 0.05) is 18.9 Å². The van der Waals surface area contributed by atoms with Crippen LogP contribution in [0.2, 0.25) is 15.1 Å². The Balaban J connectivity index is 2.07. The van der Waals surface area contributed by atoms with Gasteiger partial charge in [0.05, 0.1) is 21.7 Å². The smallest absolute Gasteiger partial charge is 0.311 e. The third kappa shape index (κ3) is 11.1. The van der Waals surface area contributed by atoms with Gasteiger partial charge in [0.2, 0.25) is 0 Å². The Bertz CT molecular complexity index is 620. The summed E-state index contributed by atoms with van der Waals surface area (Å²) in [7, 11) is 0. The summed E-state index contributed by atoms with van der Waals surface area (Å²) in [5, 5.41) is 0.774. The van der Waals surface area contributed by atoms with Crippen LogP contribution < -0.4 is 4.74 Å². The number of carbonyl (C=O) groups excluding carboxylic acids is 2. The number of hydrogen-bond acceptors (Lipinski definition) is 4. The van der Waals surface area contributed by atoms with Gasteiger partial charge in [-0.15, -0.1) is 0 Å². The van der Waals surface area contributed by atoms with Crippen LogP contribution in [0, 0.1) is 0 Å². The highest BCUT2D eigenvalue weighted by molar-refractivity contribution is 6.43. The van der Waals surface area contributed by atoms with Crippen molar-refractivity contribution in [1.82, 2.24) is 0 Å². The van der Waals surface area contributed by atoms with E-state index in [9.17, 15) is 9.59 Å². The van der Waals surface area contributed by atoms with Crippen LogP contribution in [0.5, 0.6) is 5.75 Å². The molecule has 0 aromatic heterocycles. The van der Waals surface area contributed by atoms with E-state index < -0.39 is 5.97 Å². The zero-order chi connectivity index (χ0) is 20.8. The number of esters is 2. The van der Waals surface area contributed by atoms with Crippen LogP contribution >= 0.6 is 34.8 Å². The zero-order valence-corrected chi connectivity index (χ0v) is 18.7. The second kappa shape index (κ2) is 14.9. The van der Waals surface area contributed by atoms with E-state index in [1.54, 1.807) is 0 Å². The van der Waals surface area contributed by atoms with E-state index in [1.165, 1.54) is 44.2 Å². The lowest BCUT2D eigenvalue weighted by molar-refractivity contribution is -0.144. The maximum atomic E-state index is 11.9. The molecule has 0 unspecified atom stereocenters. The van der Waals surface area contributed by atoms with Gasteiger partial charge in [-0.05, 0) is 25.3 Å². The minimum atomic E-state index is -0.434. The predicted molar refractivity (Wildman–Crippen MR) is 115 cm³/mol. The molecule has 4 nitrogen and oxygen atoms in total. The van der Waals surface area contributed by atoms with Crippen molar-refractivity contribution >= 4 is 46.7 Å². The molecule has 0 spiro atoms. The van der Waals surface area contributed by atoms with Gasteiger partial charge in [0.25, 0.3) is 0 Å². The molecule has 0 saturated carbocycles. The van der Waals surface area contributed by atoms with Gasteiger partial charge >= 0.3 is 11.9 Å². The Morgan fingerprint density at radius 1 is 0.750 bits per heavy atom. The van der Waals surface area contributed by atoms with Crippen LogP contribution in [0.25, 0.3) is 0 Å². The van der Waals surface area contributed by atoms with Gasteiger partial charge in [0.15, 0.2) is 5.75 Å². The van der Waals surface area contributed by atoms with Crippen molar-refractivity contribution in [2.75, 3.05) is 6.61 Å². The molecule has 1 aromatic rings. The SMILES string of the molecule is CCCCCCCCCOC(=O)CCCCC(=O)Oc1cc(Cl)c(Cl)cc1Cl. The molecule has 1 rings (SSSR count). The van der Waals surface area contributed by atoms with E-state index in [-0.39, 0.29) is 28.2 Å². The fraction of sp³-hybridized carbons (Fsp3) is 0.619. The Morgan fingerprint density at radius 3 is 2.00 bits per heavy atom. The number of unbranched alkanes of at least 4 members (excludes halogenated alkanes) is 7. The Labute approximate surface area is 182 Å². The molecule has 7 heteroatoms. The lowest BCUT2D eigenvalue weighted by Crippen LogP contribution is -2.09. The van der Waals surface area contributed by atoms with Crippen LogP contribution in [-0.4, -0.2) is 18.5 Å². The van der Waals surface area contributed by atoms with Gasteiger partial charge in [-0.1, -0.05) is 80.3 Å². The van der Waals surface area contributed by atoms with Crippen LogP contribution in [0.3, 0.4) is 0 Å². The Morgan fingerprint density at radius 2 is 1.32 bits per heavy atom. The van der Waals surface area contributed by atoms with Crippen molar-refractivity contribution in [2.24, 2.45) is 0 Å². The second-order valence-electron chi connectivity index (χ2n) is 6.72. The van der Waals surface area contributed by atoms with Crippen molar-refractivity contribution in [3.63, 3.8) is 0 Å². The Kier molecular flexibility index (Phi) is 13.4. The maximum Gasteiger partial charge on any atom is 0.311 e. The number of rotatable bonds is 14. The van der Waals surface area contributed by atoms with Gasteiger partial charge in [-0.3, -0.25) is 9.59 Å². The minimum Gasteiger partial charge on any atom is -0.466 e. The lowest BCUT2D eigenvalue weighted by atomic mass is 10.1. The number of ether oxygens (including phenoxy) is 2. The van der Waals surface area contributed by atoms with Crippen molar-refractivity contribution in [1.29, 1.82) is 0 Å². The number of carbonyl (C=O) groups is 2. The molecule has 1 aromatic carbocycles. The highest BCUT2D eigenvalue weighted by Crippen LogP contribution is 2.34. The predicted octanol–water partition coefficient (Wildman–Crippen LogP) is 7.41.